The Morgan fingerprint density at radius 1 is 1.18 bits per heavy atom. The number of aryl methyl sites for hydroxylation is 1. The number of likely N-dealkylation sites (tertiary alicyclic amines) is 2. The normalized spacial score (nSPS) is 30.4. The van der Waals surface area contributed by atoms with Gasteiger partial charge in [0.2, 0.25) is 0 Å². The second-order valence-corrected chi connectivity index (χ2v) is 13.9. The summed E-state index contributed by atoms with van der Waals surface area (Å²) in [6.45, 7) is 15.4. The van der Waals surface area contributed by atoms with Gasteiger partial charge in [0.25, 0.3) is 0 Å². The van der Waals surface area contributed by atoms with E-state index in [1.54, 1.807) is 0 Å². The number of halogens is 1. The Labute approximate surface area is 236 Å². The highest BCUT2D eigenvalue weighted by molar-refractivity contribution is 6.33. The molecule has 9 nitrogen and oxygen atoms in total. The van der Waals surface area contributed by atoms with E-state index in [1.165, 1.54) is 12.8 Å². The molecule has 4 fully saturated rings. The molecular weight excluding hydrogens is 518 g/mol. The van der Waals surface area contributed by atoms with Crippen LogP contribution in [0.3, 0.4) is 0 Å². The van der Waals surface area contributed by atoms with Gasteiger partial charge < -0.3 is 23.7 Å². The van der Waals surface area contributed by atoms with Crippen molar-refractivity contribution in [2.75, 3.05) is 26.2 Å². The first-order valence-corrected chi connectivity index (χ1v) is 14.8. The Balaban J connectivity index is 1.20. The molecule has 10 heteroatoms. The van der Waals surface area contributed by atoms with Gasteiger partial charge in [0.05, 0.1) is 17.1 Å². The molecule has 214 valence electrons. The highest BCUT2D eigenvalue weighted by atomic mass is 35.5. The van der Waals surface area contributed by atoms with E-state index in [-0.39, 0.29) is 35.7 Å². The maximum atomic E-state index is 12.7. The number of fused-ring (bicyclic) bond motifs is 2. The Hall–Kier alpha value is -1.94. The van der Waals surface area contributed by atoms with Crippen LogP contribution in [0.25, 0.3) is 11.0 Å². The molecule has 0 aliphatic carbocycles. The molecule has 4 aliphatic heterocycles. The molecule has 0 N–H and O–H groups in total. The number of amides is 1. The van der Waals surface area contributed by atoms with Crippen LogP contribution >= 0.6 is 11.6 Å². The second kappa shape index (κ2) is 9.57. The van der Waals surface area contributed by atoms with Crippen LogP contribution in [0.5, 0.6) is 0 Å². The molecule has 1 amide bonds. The van der Waals surface area contributed by atoms with E-state index >= 15 is 0 Å². The molecule has 6 rings (SSSR count). The Kier molecular flexibility index (Phi) is 6.68. The van der Waals surface area contributed by atoms with Crippen molar-refractivity contribution < 1.29 is 19.0 Å². The van der Waals surface area contributed by atoms with Crippen molar-refractivity contribution in [1.82, 2.24) is 24.3 Å². The predicted octanol–water partition coefficient (Wildman–Crippen LogP) is 5.34. The van der Waals surface area contributed by atoms with E-state index in [1.807, 2.05) is 44.9 Å². The van der Waals surface area contributed by atoms with Crippen LogP contribution in [-0.2, 0) is 14.2 Å². The Morgan fingerprint density at radius 2 is 1.92 bits per heavy atom. The number of carbonyl (C=O) groups excluding carboxylic acids is 1. The zero-order valence-corrected chi connectivity index (χ0v) is 24.8. The summed E-state index contributed by atoms with van der Waals surface area (Å²) in [4.78, 5) is 26.3. The van der Waals surface area contributed by atoms with E-state index in [9.17, 15) is 4.79 Å². The van der Waals surface area contributed by atoms with Crippen LogP contribution in [0.4, 0.5) is 4.79 Å². The first kappa shape index (κ1) is 27.2. The van der Waals surface area contributed by atoms with Gasteiger partial charge in [-0.3, -0.25) is 4.90 Å². The third-order valence-electron chi connectivity index (χ3n) is 9.08. The average molecular weight is 560 g/mol. The second-order valence-electron chi connectivity index (χ2n) is 13.5. The van der Waals surface area contributed by atoms with E-state index in [4.69, 9.17) is 30.8 Å². The minimum Gasteiger partial charge on any atom is -0.444 e. The average Bonchev–Trinajstić information content (AvgIpc) is 3.57. The SMILES string of the molecule is Cc1nc(Cl)c2ccn([C@@H]3O[C@H](CN4CCCC45CCN(C(=O)OC(C)(C)C)CC5)[C@H]4CC(C)(C)O[C@H]43)c2n1. The summed E-state index contributed by atoms with van der Waals surface area (Å²) < 4.78 is 21.2. The lowest BCUT2D eigenvalue weighted by Crippen LogP contribution is -2.55. The Morgan fingerprint density at radius 3 is 2.64 bits per heavy atom. The number of carbonyl (C=O) groups is 1. The van der Waals surface area contributed by atoms with Gasteiger partial charge in [-0.1, -0.05) is 11.6 Å². The standard InChI is InChI=1S/C29H42ClN5O4/c1-18-31-23(30)19-8-13-35(24(19)32-18)25-22-20(16-28(5,6)38-22)21(37-25)17-34-12-7-9-29(34)10-14-33(15-11-29)26(36)39-27(2,3)4/h8,13,20-22,25H,7,9-12,14-17H2,1-6H3/t20-,21-,22-,25-/m1/s1. The Bertz CT molecular complexity index is 1250. The van der Waals surface area contributed by atoms with Crippen molar-refractivity contribution in [2.24, 2.45) is 5.92 Å². The fraction of sp³-hybridized carbons (Fsp3) is 0.759. The molecule has 0 radical (unpaired) electrons. The van der Waals surface area contributed by atoms with Gasteiger partial charge in [-0.2, -0.15) is 0 Å². The fourth-order valence-corrected chi connectivity index (χ4v) is 7.63. The zero-order valence-electron chi connectivity index (χ0n) is 24.1. The molecule has 2 aromatic rings. The quantitative estimate of drug-likeness (QED) is 0.469. The molecular formula is C29H42ClN5O4. The maximum absolute atomic E-state index is 12.7. The predicted molar refractivity (Wildman–Crippen MR) is 149 cm³/mol. The van der Waals surface area contributed by atoms with Gasteiger partial charge in [0.15, 0.2) is 6.23 Å². The first-order chi connectivity index (χ1) is 18.3. The van der Waals surface area contributed by atoms with Gasteiger partial charge in [-0.05, 0) is 86.3 Å². The topological polar surface area (TPSA) is 82.0 Å². The highest BCUT2D eigenvalue weighted by Crippen LogP contribution is 2.50. The van der Waals surface area contributed by atoms with Crippen molar-refractivity contribution in [3.63, 3.8) is 0 Å². The summed E-state index contributed by atoms with van der Waals surface area (Å²) in [5, 5.41) is 1.30. The molecule has 0 bridgehead atoms. The molecule has 0 unspecified atom stereocenters. The monoisotopic (exact) mass is 559 g/mol. The summed E-state index contributed by atoms with van der Waals surface area (Å²) in [6, 6.07) is 1.97. The lowest BCUT2D eigenvalue weighted by Gasteiger charge is -2.46. The number of rotatable bonds is 3. The molecule has 0 saturated carbocycles. The van der Waals surface area contributed by atoms with Crippen LogP contribution in [0, 0.1) is 12.8 Å². The van der Waals surface area contributed by atoms with Crippen molar-refractivity contribution in [3.8, 4) is 0 Å². The van der Waals surface area contributed by atoms with E-state index in [0.29, 0.717) is 16.9 Å². The molecule has 1 spiro atoms. The van der Waals surface area contributed by atoms with E-state index in [0.717, 1.165) is 56.5 Å². The van der Waals surface area contributed by atoms with Crippen molar-refractivity contribution in [1.29, 1.82) is 0 Å². The molecule has 4 atom stereocenters. The van der Waals surface area contributed by atoms with Crippen LogP contribution in [0.2, 0.25) is 5.15 Å². The zero-order chi connectivity index (χ0) is 27.7. The van der Waals surface area contributed by atoms with Crippen LogP contribution in [0.15, 0.2) is 12.3 Å². The molecule has 2 aromatic heterocycles. The summed E-state index contributed by atoms with van der Waals surface area (Å²) in [5.74, 6) is 0.934. The lowest BCUT2D eigenvalue weighted by atomic mass is 9.84. The molecule has 39 heavy (non-hydrogen) atoms. The van der Waals surface area contributed by atoms with Crippen molar-refractivity contribution >= 4 is 28.7 Å². The largest absolute Gasteiger partial charge is 0.444 e. The van der Waals surface area contributed by atoms with Gasteiger partial charge in [-0.25, -0.2) is 14.8 Å². The molecule has 6 heterocycles. The fourth-order valence-electron chi connectivity index (χ4n) is 7.36. The van der Waals surface area contributed by atoms with Gasteiger partial charge in [0.1, 0.15) is 28.3 Å². The van der Waals surface area contributed by atoms with Crippen molar-refractivity contribution in [2.45, 2.75) is 109 Å². The van der Waals surface area contributed by atoms with Gasteiger partial charge >= 0.3 is 6.09 Å². The van der Waals surface area contributed by atoms with Gasteiger partial charge in [0, 0.05) is 37.3 Å². The summed E-state index contributed by atoms with van der Waals surface area (Å²) in [6.07, 6.45) is 6.78. The van der Waals surface area contributed by atoms with E-state index in [2.05, 4.69) is 28.3 Å². The summed E-state index contributed by atoms with van der Waals surface area (Å²) >= 11 is 6.45. The van der Waals surface area contributed by atoms with E-state index < -0.39 is 5.60 Å². The number of ether oxygens (including phenoxy) is 3. The summed E-state index contributed by atoms with van der Waals surface area (Å²) in [7, 11) is 0. The van der Waals surface area contributed by atoms with Crippen LogP contribution in [0.1, 0.15) is 78.8 Å². The van der Waals surface area contributed by atoms with Crippen molar-refractivity contribution in [3.05, 3.63) is 23.2 Å². The van der Waals surface area contributed by atoms with Crippen LogP contribution < -0.4 is 0 Å². The molecule has 0 aromatic carbocycles. The highest BCUT2D eigenvalue weighted by Gasteiger charge is 2.56. The van der Waals surface area contributed by atoms with Gasteiger partial charge in [-0.15, -0.1) is 0 Å². The number of hydrogen-bond donors (Lipinski definition) is 0. The third-order valence-corrected chi connectivity index (χ3v) is 9.36. The molecule has 4 aliphatic rings. The lowest BCUT2D eigenvalue weighted by molar-refractivity contribution is -0.108. The number of nitrogens with zero attached hydrogens (tertiary/aromatic N) is 5. The minimum atomic E-state index is -0.475. The number of aromatic nitrogens is 3. The number of piperidine rings is 1. The van der Waals surface area contributed by atoms with Crippen LogP contribution in [-0.4, -0.2) is 85.6 Å². The molecule has 4 saturated heterocycles. The minimum absolute atomic E-state index is 0.0523. The number of hydrogen-bond acceptors (Lipinski definition) is 7. The maximum Gasteiger partial charge on any atom is 0.410 e. The summed E-state index contributed by atoms with van der Waals surface area (Å²) in [5.41, 5.74) is 0.222. The smallest absolute Gasteiger partial charge is 0.410 e. The first-order valence-electron chi connectivity index (χ1n) is 14.4. The third kappa shape index (κ3) is 5.04.